The van der Waals surface area contributed by atoms with Crippen LogP contribution in [0, 0.1) is 10.1 Å². The maximum atomic E-state index is 10.7. The monoisotopic (exact) mass is 290 g/mol. The maximum Gasteiger partial charge on any atom is 0.273 e. The predicted octanol–water partition coefficient (Wildman–Crippen LogP) is 1.86. The van der Waals surface area contributed by atoms with Crippen molar-refractivity contribution in [2.24, 2.45) is 5.84 Å². The SMILES string of the molecule is COc1cc([N+](=O)[O-])ccc1OCc1cc(NN)ccn1. The number of ether oxygens (including phenoxy) is 2. The molecule has 0 aliphatic rings. The first-order chi connectivity index (χ1) is 10.1. The quantitative estimate of drug-likeness (QED) is 0.474. The lowest BCUT2D eigenvalue weighted by Gasteiger charge is -2.10. The van der Waals surface area contributed by atoms with Gasteiger partial charge in [-0.1, -0.05) is 0 Å². The van der Waals surface area contributed by atoms with Crippen LogP contribution in [0.15, 0.2) is 36.5 Å². The van der Waals surface area contributed by atoms with E-state index in [4.69, 9.17) is 15.3 Å². The normalized spacial score (nSPS) is 10.0. The van der Waals surface area contributed by atoms with Gasteiger partial charge in [-0.2, -0.15) is 0 Å². The summed E-state index contributed by atoms with van der Waals surface area (Å²) in [5.41, 5.74) is 3.82. The van der Waals surface area contributed by atoms with Gasteiger partial charge >= 0.3 is 0 Å². The van der Waals surface area contributed by atoms with Gasteiger partial charge in [0.15, 0.2) is 11.5 Å². The molecule has 0 aliphatic heterocycles. The fourth-order valence-electron chi connectivity index (χ4n) is 1.69. The number of rotatable bonds is 6. The van der Waals surface area contributed by atoms with E-state index < -0.39 is 4.92 Å². The Kier molecular flexibility index (Phi) is 4.52. The van der Waals surface area contributed by atoms with Crippen LogP contribution >= 0.6 is 0 Å². The van der Waals surface area contributed by atoms with Crippen molar-refractivity contribution < 1.29 is 14.4 Å². The maximum absolute atomic E-state index is 10.7. The third-order valence-electron chi connectivity index (χ3n) is 2.72. The van der Waals surface area contributed by atoms with E-state index in [1.54, 1.807) is 18.3 Å². The molecule has 0 atom stereocenters. The summed E-state index contributed by atoms with van der Waals surface area (Å²) in [6, 6.07) is 7.60. The molecule has 3 N–H and O–H groups in total. The molecule has 1 heterocycles. The van der Waals surface area contributed by atoms with Crippen molar-refractivity contribution in [3.63, 3.8) is 0 Å². The third kappa shape index (κ3) is 3.57. The standard InChI is InChI=1S/C13H14N4O4/c1-20-13-7-11(17(18)19)2-3-12(13)21-8-10-6-9(16-14)4-5-15-10/h2-7H,8,14H2,1H3,(H,15,16). The van der Waals surface area contributed by atoms with Crippen LogP contribution in [-0.4, -0.2) is 17.0 Å². The number of nitrogen functional groups attached to an aromatic ring is 1. The first kappa shape index (κ1) is 14.5. The molecule has 2 rings (SSSR count). The molecular formula is C13H14N4O4. The largest absolute Gasteiger partial charge is 0.493 e. The van der Waals surface area contributed by atoms with Gasteiger partial charge in [0.05, 0.1) is 29.5 Å². The predicted molar refractivity (Wildman–Crippen MR) is 76.0 cm³/mol. The second kappa shape index (κ2) is 6.53. The summed E-state index contributed by atoms with van der Waals surface area (Å²) in [7, 11) is 1.42. The number of pyridine rings is 1. The molecule has 2 aromatic rings. The number of nitrogens with two attached hydrogens (primary N) is 1. The molecule has 0 bridgehead atoms. The lowest BCUT2D eigenvalue weighted by atomic mass is 10.3. The molecule has 0 saturated heterocycles. The molecule has 0 radical (unpaired) electrons. The highest BCUT2D eigenvalue weighted by Gasteiger charge is 2.12. The molecular weight excluding hydrogens is 276 g/mol. The van der Waals surface area contributed by atoms with E-state index in [-0.39, 0.29) is 18.0 Å². The molecule has 0 amide bonds. The molecule has 0 saturated carbocycles. The zero-order valence-electron chi connectivity index (χ0n) is 11.3. The molecule has 21 heavy (non-hydrogen) atoms. The smallest absolute Gasteiger partial charge is 0.273 e. The fraction of sp³-hybridized carbons (Fsp3) is 0.154. The molecule has 8 nitrogen and oxygen atoms in total. The first-order valence-electron chi connectivity index (χ1n) is 6.01. The Morgan fingerprint density at radius 1 is 1.33 bits per heavy atom. The molecule has 0 spiro atoms. The summed E-state index contributed by atoms with van der Waals surface area (Å²) in [5, 5.41) is 10.7. The summed E-state index contributed by atoms with van der Waals surface area (Å²) < 4.78 is 10.7. The highest BCUT2D eigenvalue weighted by Crippen LogP contribution is 2.31. The molecule has 8 heteroatoms. The fourth-order valence-corrected chi connectivity index (χ4v) is 1.69. The van der Waals surface area contributed by atoms with Crippen molar-refractivity contribution >= 4 is 11.4 Å². The second-order valence-corrected chi connectivity index (χ2v) is 4.06. The average molecular weight is 290 g/mol. The van der Waals surface area contributed by atoms with Crippen LogP contribution in [0.2, 0.25) is 0 Å². The Hall–Kier alpha value is -2.87. The van der Waals surface area contributed by atoms with Gasteiger partial charge in [0.2, 0.25) is 0 Å². The van der Waals surface area contributed by atoms with Crippen LogP contribution in [0.4, 0.5) is 11.4 Å². The number of anilines is 1. The summed E-state index contributed by atoms with van der Waals surface area (Å²) >= 11 is 0. The molecule has 1 aromatic heterocycles. The molecule has 0 aliphatic carbocycles. The van der Waals surface area contributed by atoms with Crippen LogP contribution in [0.25, 0.3) is 0 Å². The van der Waals surface area contributed by atoms with Crippen molar-refractivity contribution in [1.29, 1.82) is 0 Å². The number of non-ortho nitro benzene ring substituents is 1. The minimum absolute atomic E-state index is 0.0633. The Bertz CT molecular complexity index is 648. The van der Waals surface area contributed by atoms with E-state index in [1.807, 2.05) is 0 Å². The summed E-state index contributed by atoms with van der Waals surface area (Å²) in [6.07, 6.45) is 1.60. The number of hydrogen-bond acceptors (Lipinski definition) is 7. The van der Waals surface area contributed by atoms with Crippen molar-refractivity contribution in [3.05, 3.63) is 52.3 Å². The van der Waals surface area contributed by atoms with Gasteiger partial charge in [-0.05, 0) is 18.2 Å². The highest BCUT2D eigenvalue weighted by atomic mass is 16.6. The van der Waals surface area contributed by atoms with Gasteiger partial charge < -0.3 is 14.9 Å². The van der Waals surface area contributed by atoms with E-state index in [2.05, 4.69) is 10.4 Å². The molecule has 0 unspecified atom stereocenters. The topological polar surface area (TPSA) is 113 Å². The summed E-state index contributed by atoms with van der Waals surface area (Å²) in [6.45, 7) is 0.184. The van der Waals surface area contributed by atoms with Crippen molar-refractivity contribution in [3.8, 4) is 11.5 Å². The third-order valence-corrected chi connectivity index (χ3v) is 2.72. The van der Waals surface area contributed by atoms with E-state index in [0.29, 0.717) is 17.1 Å². The Morgan fingerprint density at radius 3 is 2.81 bits per heavy atom. The number of nitrogens with one attached hydrogen (secondary N) is 1. The Labute approximate surface area is 120 Å². The zero-order chi connectivity index (χ0) is 15.2. The average Bonchev–Trinajstić information content (AvgIpc) is 2.52. The van der Waals surface area contributed by atoms with Gasteiger partial charge in [0, 0.05) is 12.3 Å². The number of nitrogens with zero attached hydrogens (tertiary/aromatic N) is 2. The number of methoxy groups -OCH3 is 1. The lowest BCUT2D eigenvalue weighted by Crippen LogP contribution is -2.08. The molecule has 110 valence electrons. The van der Waals surface area contributed by atoms with Crippen molar-refractivity contribution in [2.75, 3.05) is 12.5 Å². The lowest BCUT2D eigenvalue weighted by molar-refractivity contribution is -0.385. The zero-order valence-corrected chi connectivity index (χ0v) is 11.3. The van der Waals surface area contributed by atoms with Gasteiger partial charge in [0.25, 0.3) is 5.69 Å². The summed E-state index contributed by atoms with van der Waals surface area (Å²) in [4.78, 5) is 14.3. The van der Waals surface area contributed by atoms with Crippen LogP contribution in [0.5, 0.6) is 11.5 Å². The van der Waals surface area contributed by atoms with Crippen molar-refractivity contribution in [2.45, 2.75) is 6.61 Å². The number of nitro benzene ring substituents is 1. The Balaban J connectivity index is 2.13. The minimum atomic E-state index is -0.496. The van der Waals surface area contributed by atoms with Gasteiger partial charge in [-0.3, -0.25) is 20.9 Å². The van der Waals surface area contributed by atoms with Gasteiger partial charge in [-0.15, -0.1) is 0 Å². The van der Waals surface area contributed by atoms with Gasteiger partial charge in [0.1, 0.15) is 6.61 Å². The van der Waals surface area contributed by atoms with Gasteiger partial charge in [-0.25, -0.2) is 0 Å². The van der Waals surface area contributed by atoms with E-state index in [1.165, 1.54) is 25.3 Å². The van der Waals surface area contributed by atoms with Crippen LogP contribution in [0.1, 0.15) is 5.69 Å². The van der Waals surface area contributed by atoms with E-state index in [9.17, 15) is 10.1 Å². The summed E-state index contributed by atoms with van der Waals surface area (Å²) in [5.74, 6) is 6.00. The number of hydrazine groups is 1. The van der Waals surface area contributed by atoms with Crippen molar-refractivity contribution in [1.82, 2.24) is 4.98 Å². The number of nitro groups is 1. The number of hydrogen-bond donors (Lipinski definition) is 2. The number of benzene rings is 1. The number of aromatic nitrogens is 1. The van der Waals surface area contributed by atoms with Crippen LogP contribution in [-0.2, 0) is 6.61 Å². The molecule has 1 aromatic carbocycles. The highest BCUT2D eigenvalue weighted by molar-refractivity contribution is 5.48. The van der Waals surface area contributed by atoms with E-state index in [0.717, 1.165) is 0 Å². The van der Waals surface area contributed by atoms with E-state index >= 15 is 0 Å². The van der Waals surface area contributed by atoms with Crippen LogP contribution < -0.4 is 20.7 Å². The van der Waals surface area contributed by atoms with Crippen LogP contribution in [0.3, 0.4) is 0 Å². The minimum Gasteiger partial charge on any atom is -0.493 e. The Morgan fingerprint density at radius 2 is 2.14 bits per heavy atom. The second-order valence-electron chi connectivity index (χ2n) is 4.06. The molecule has 0 fully saturated rings. The first-order valence-corrected chi connectivity index (χ1v) is 6.01.